The van der Waals surface area contributed by atoms with Crippen LogP contribution in [0.2, 0.25) is 0 Å². The number of benzene rings is 1. The number of guanidine groups is 1. The third-order valence-corrected chi connectivity index (χ3v) is 21.3. The first-order valence-corrected chi connectivity index (χ1v) is 44.3. The lowest BCUT2D eigenvalue weighted by molar-refractivity contribution is -0.150. The van der Waals surface area contributed by atoms with Crippen molar-refractivity contribution in [2.45, 2.75) is 296 Å². The van der Waals surface area contributed by atoms with E-state index in [2.05, 4.69) is 103 Å². The van der Waals surface area contributed by atoms with Crippen LogP contribution in [-0.2, 0) is 97.5 Å². The number of aliphatic imine (C=N–C) groups is 1. The van der Waals surface area contributed by atoms with E-state index < -0.39 is 247 Å². The molecule has 0 saturated carbocycles. The van der Waals surface area contributed by atoms with E-state index in [1.807, 2.05) is 0 Å². The summed E-state index contributed by atoms with van der Waals surface area (Å²) in [5, 5.41) is 81.2. The quantitative estimate of drug-likeness (QED) is 0.0131. The molecule has 1 aromatic rings. The highest BCUT2D eigenvalue weighted by Crippen LogP contribution is 2.22. The van der Waals surface area contributed by atoms with E-state index in [4.69, 9.17) is 11.5 Å². The molecule has 1 aromatic carbocycles. The second-order valence-electron chi connectivity index (χ2n) is 34.7. The van der Waals surface area contributed by atoms with E-state index in [0.717, 1.165) is 18.2 Å². The molecule has 0 aliphatic carbocycles. The lowest BCUT2D eigenvalue weighted by Gasteiger charge is -2.30. The van der Waals surface area contributed by atoms with Gasteiger partial charge in [-0.3, -0.25) is 91.3 Å². The maximum atomic E-state index is 14.6. The van der Waals surface area contributed by atoms with Gasteiger partial charge in [0.1, 0.15) is 84.6 Å². The van der Waals surface area contributed by atoms with Gasteiger partial charge in [-0.2, -0.15) is 12.6 Å². The second kappa shape index (κ2) is 56.1. The van der Waals surface area contributed by atoms with Crippen LogP contribution in [0.5, 0.6) is 0 Å². The van der Waals surface area contributed by atoms with Gasteiger partial charge >= 0.3 is 17.9 Å². The summed E-state index contributed by atoms with van der Waals surface area (Å²) in [6.45, 7) is 22.2. The summed E-state index contributed by atoms with van der Waals surface area (Å²) < 4.78 is 0. The average Bonchev–Trinajstić information content (AvgIpc) is 1.79. The topological polar surface area (TPSA) is 665 Å². The van der Waals surface area contributed by atoms with Gasteiger partial charge in [0.2, 0.25) is 94.5 Å². The molecule has 0 unspecified atom stereocenters. The van der Waals surface area contributed by atoms with Crippen LogP contribution in [0.25, 0.3) is 0 Å². The number of nitrogens with zero attached hydrogens (tertiary/aromatic N) is 2. The van der Waals surface area contributed by atoms with Crippen molar-refractivity contribution in [1.29, 1.82) is 0 Å². The molecular formula is C84H138N20O23S. The number of carbonyl (C=O) groups excluding carboxylic acids is 16. The number of amides is 16. The zero-order valence-corrected chi connectivity index (χ0v) is 76.6. The van der Waals surface area contributed by atoms with E-state index in [-0.39, 0.29) is 112 Å². The van der Waals surface area contributed by atoms with Gasteiger partial charge in [-0.15, -0.1) is 0 Å². The van der Waals surface area contributed by atoms with Crippen molar-refractivity contribution >= 4 is 131 Å². The lowest BCUT2D eigenvalue weighted by Crippen LogP contribution is -2.61. The fraction of sp³-hybridized carbons (Fsp3) is 0.690. The van der Waals surface area contributed by atoms with Gasteiger partial charge in [-0.05, 0) is 139 Å². The Labute approximate surface area is 751 Å². The molecular weight excluding hydrogens is 1690 g/mol. The molecule has 718 valence electrons. The molecule has 0 spiro atoms. The Kier molecular flexibility index (Phi) is 48.6. The number of aliphatic carboxylic acids is 3. The normalized spacial score (nSPS) is 17.2. The summed E-state index contributed by atoms with van der Waals surface area (Å²) in [6.07, 6.45) is -1.86. The molecule has 43 nitrogen and oxygen atoms in total. The third kappa shape index (κ3) is 40.3. The average molecular weight is 1830 g/mol. The zero-order chi connectivity index (χ0) is 96.5. The van der Waals surface area contributed by atoms with Crippen molar-refractivity contribution in [3.63, 3.8) is 0 Å². The Morgan fingerprint density at radius 3 is 1.37 bits per heavy atom. The minimum atomic E-state index is -1.87. The van der Waals surface area contributed by atoms with E-state index in [0.29, 0.717) is 31.4 Å². The maximum Gasteiger partial charge on any atom is 0.326 e. The Balaban J connectivity index is 1.78. The molecule has 2 fully saturated rings. The molecule has 17 atom stereocenters. The molecule has 2 saturated heterocycles. The molecule has 2 aliphatic heterocycles. The van der Waals surface area contributed by atoms with E-state index in [1.54, 1.807) is 106 Å². The van der Waals surface area contributed by atoms with E-state index >= 15 is 0 Å². The zero-order valence-electron chi connectivity index (χ0n) is 75.7. The van der Waals surface area contributed by atoms with E-state index in [1.165, 1.54) is 13.8 Å². The first-order valence-electron chi connectivity index (χ1n) is 43.6. The molecule has 0 aromatic heterocycles. The van der Waals surface area contributed by atoms with Crippen LogP contribution in [0.15, 0.2) is 35.3 Å². The molecule has 16 amide bonds. The Morgan fingerprint density at radius 1 is 0.469 bits per heavy atom. The number of carbonyl (C=O) groups is 19. The highest BCUT2D eigenvalue weighted by atomic mass is 32.1. The van der Waals surface area contributed by atoms with Gasteiger partial charge in [0.05, 0.1) is 31.7 Å². The summed E-state index contributed by atoms with van der Waals surface area (Å²) >= 11 is 4.32. The van der Waals surface area contributed by atoms with Gasteiger partial charge in [0.25, 0.3) is 0 Å². The van der Waals surface area contributed by atoms with Crippen molar-refractivity contribution in [1.82, 2.24) is 90.0 Å². The first kappa shape index (κ1) is 111. The fourth-order valence-corrected chi connectivity index (χ4v) is 14.3. The predicted octanol–water partition coefficient (Wildman–Crippen LogP) is -3.41. The number of carboxylic acid groups (broad SMARTS) is 3. The van der Waals surface area contributed by atoms with Crippen LogP contribution in [0, 0.1) is 35.5 Å². The van der Waals surface area contributed by atoms with Crippen LogP contribution in [0.4, 0.5) is 0 Å². The SMILES string of the molecule is CC[C@H](C)[C@H](NC(=O)[C@H](CCC(=O)O)NC(=O)CNC(=O)[C@@H](NC(=O)[C@H](CC(C)C)NC(=O)[C@H](CC(C)C)NC(=O)[C@H](CC(C)C)NC(=O)[C@H](CC(C)C)NC(=O)[C@H](CS)NC(=O)[C@H](C)NC(=O)[C@H](Cc1ccccc1)NC(=O)CNC(=O)[C@H](CCCN=C(N)N)NC(=O)[C@@H]1CCCN1)[C@@H](C)O)C(=O)N[C@@H](CC(=O)O)C(=O)N[C@@H](CC(C)C)C(=O)N1CCC[C@H]1C(=O)O. The summed E-state index contributed by atoms with van der Waals surface area (Å²) in [4.78, 5) is 265. The van der Waals surface area contributed by atoms with Gasteiger partial charge < -0.3 is 122 Å². The largest absolute Gasteiger partial charge is 0.481 e. The Morgan fingerprint density at radius 2 is 0.906 bits per heavy atom. The summed E-state index contributed by atoms with van der Waals surface area (Å²) in [6, 6.07) is -12.3. The molecule has 3 rings (SSSR count). The number of aliphatic hydroxyl groups is 1. The number of likely N-dealkylation sites (tertiary alicyclic amines) is 1. The monoisotopic (exact) mass is 1830 g/mol. The van der Waals surface area contributed by atoms with Gasteiger partial charge in [-0.1, -0.05) is 120 Å². The molecule has 0 bridgehead atoms. The van der Waals surface area contributed by atoms with Gasteiger partial charge in [0, 0.05) is 31.7 Å². The number of hydrogen-bond acceptors (Lipinski definition) is 23. The van der Waals surface area contributed by atoms with Gasteiger partial charge in [0.15, 0.2) is 5.96 Å². The number of carboxylic acids is 3. The van der Waals surface area contributed by atoms with Crippen LogP contribution >= 0.6 is 12.6 Å². The number of rotatable bonds is 57. The van der Waals surface area contributed by atoms with Crippen LogP contribution in [0.3, 0.4) is 0 Å². The van der Waals surface area contributed by atoms with Crippen molar-refractivity contribution < 1.29 is 112 Å². The minimum Gasteiger partial charge on any atom is -0.481 e. The number of nitrogens with two attached hydrogens (primary N) is 2. The highest BCUT2D eigenvalue weighted by molar-refractivity contribution is 7.80. The summed E-state index contributed by atoms with van der Waals surface area (Å²) in [5.41, 5.74) is 11.5. The highest BCUT2D eigenvalue weighted by Gasteiger charge is 2.42. The number of aliphatic hydroxyl groups excluding tert-OH is 1. The number of nitrogens with one attached hydrogen (secondary N) is 16. The molecule has 128 heavy (non-hydrogen) atoms. The maximum absolute atomic E-state index is 14.6. The van der Waals surface area contributed by atoms with Gasteiger partial charge in [-0.25, -0.2) is 4.79 Å². The van der Waals surface area contributed by atoms with Crippen molar-refractivity contribution in [2.24, 2.45) is 52.0 Å². The fourth-order valence-electron chi connectivity index (χ4n) is 14.1. The third-order valence-electron chi connectivity index (χ3n) is 21.0. The predicted molar refractivity (Wildman–Crippen MR) is 472 cm³/mol. The van der Waals surface area contributed by atoms with Crippen LogP contribution in [-0.4, -0.2) is 279 Å². The van der Waals surface area contributed by atoms with Crippen molar-refractivity contribution in [3.8, 4) is 0 Å². The minimum absolute atomic E-state index is 0.00113. The summed E-state index contributed by atoms with van der Waals surface area (Å²) in [7, 11) is 0. The lowest BCUT2D eigenvalue weighted by atomic mass is 9.96. The molecule has 2 heterocycles. The van der Waals surface area contributed by atoms with Crippen molar-refractivity contribution in [3.05, 3.63) is 35.9 Å². The number of thiol groups is 1. The molecule has 44 heteroatoms. The molecule has 2 aliphatic rings. The Hall–Kier alpha value is -11.3. The first-order chi connectivity index (χ1) is 60.0. The Bertz CT molecular complexity index is 3980. The summed E-state index contributed by atoms with van der Waals surface area (Å²) in [5.74, 6) is -21.4. The molecule has 0 radical (unpaired) electrons. The van der Waals surface area contributed by atoms with Crippen LogP contribution < -0.4 is 96.5 Å². The second-order valence-corrected chi connectivity index (χ2v) is 35.0. The van der Waals surface area contributed by atoms with Crippen molar-refractivity contribution in [2.75, 3.05) is 38.5 Å². The molecule has 24 N–H and O–H groups in total. The standard InChI is InChI=1S/C84H138N20O23S/c1-15-47(12)67(81(124)99-59(38-66(110)111)77(120)100-60(36-46(10)11)82(125)104-31-21-26-62(104)83(126)127)102-72(115)53(27-28-65(108)109)92-63(106)40-90-80(123)68(49(14)105)103-78(121)57(35-45(8)9)97-75(118)55(33-43(4)5)95-74(117)54(32-42(2)3)96-76(119)56(34-44(6)7)98-79(122)61(41-128)101-69(112)48(13)91-73(116)58(37-50-22-17-16-18-23-50)93-64(107)39-89-70(113)52(25-20-30-88-84(85)86)94-71(114)51-24-19-29-87-51/h16-18,22-23,42-49,51-62,67-68,87,105,128H,15,19-21,24-41H2,1-14H3,(H,89,113)(H,90,123)(H,91,116)(H,92,106)(H,93,107)(H,94,114)(H,95,117)(H,96,119)(H,97,118)(H,98,122)(H,99,124)(H,100,120)(H,101,112)(H,102,115)(H,103,121)(H,108,109)(H,110,111)(H,126,127)(H4,85,86,88)/t47-,48-,49+,51-,52-,53-,54-,55-,56-,57-,58-,59-,60-,61-,62-,67-,68-/m0/s1. The van der Waals surface area contributed by atoms with Crippen LogP contribution in [0.1, 0.15) is 199 Å². The van der Waals surface area contributed by atoms with E-state index in [9.17, 15) is 112 Å². The number of hydrogen-bond donors (Lipinski definition) is 23. The smallest absolute Gasteiger partial charge is 0.326 e.